The van der Waals surface area contributed by atoms with Gasteiger partial charge in [-0.25, -0.2) is 9.97 Å². The third kappa shape index (κ3) is 10.4. The van der Waals surface area contributed by atoms with Gasteiger partial charge in [0, 0.05) is 25.2 Å². The van der Waals surface area contributed by atoms with Crippen molar-refractivity contribution in [1.82, 2.24) is 9.97 Å². The largest absolute Gasteiger partial charge is 0.494 e. The van der Waals surface area contributed by atoms with E-state index in [1.807, 2.05) is 24.3 Å². The van der Waals surface area contributed by atoms with E-state index in [2.05, 4.69) is 23.8 Å². The molecule has 0 N–H and O–H groups in total. The molecular formula is C25H36N2O4. The zero-order chi connectivity index (χ0) is 22.2. The molecule has 1 aromatic carbocycles. The molecule has 0 atom stereocenters. The summed E-state index contributed by atoms with van der Waals surface area (Å²) in [5.74, 6) is 1.55. The van der Waals surface area contributed by atoms with Crippen LogP contribution in [0.5, 0.6) is 11.5 Å². The predicted molar refractivity (Wildman–Crippen MR) is 122 cm³/mol. The Morgan fingerprint density at radius 3 is 2.19 bits per heavy atom. The van der Waals surface area contributed by atoms with E-state index in [1.165, 1.54) is 19.3 Å². The Bertz CT molecular complexity index is 732. The summed E-state index contributed by atoms with van der Waals surface area (Å²) >= 11 is 0. The minimum Gasteiger partial charge on any atom is -0.494 e. The maximum absolute atomic E-state index is 11.9. The molecule has 1 heterocycles. The quantitative estimate of drug-likeness (QED) is 0.241. The number of aromatic nitrogens is 2. The number of hydrogen-bond acceptors (Lipinski definition) is 6. The van der Waals surface area contributed by atoms with Crippen molar-refractivity contribution in [2.45, 2.75) is 71.6 Å². The Morgan fingerprint density at radius 2 is 1.48 bits per heavy atom. The SMILES string of the molecule is CCCCCCCC(=O)Oc1cnc(-c2ccc(OCCCCOCCC)cc2)nc1. The van der Waals surface area contributed by atoms with Crippen LogP contribution in [0, 0.1) is 0 Å². The lowest BCUT2D eigenvalue weighted by molar-refractivity contribution is -0.134. The summed E-state index contributed by atoms with van der Waals surface area (Å²) in [6.07, 6.45) is 12.0. The van der Waals surface area contributed by atoms with Gasteiger partial charge in [-0.3, -0.25) is 4.79 Å². The highest BCUT2D eigenvalue weighted by molar-refractivity contribution is 5.72. The van der Waals surface area contributed by atoms with E-state index in [0.717, 1.165) is 56.6 Å². The number of ether oxygens (including phenoxy) is 3. The van der Waals surface area contributed by atoms with Crippen LogP contribution in [0.15, 0.2) is 36.7 Å². The van der Waals surface area contributed by atoms with Crippen molar-refractivity contribution >= 4 is 5.97 Å². The van der Waals surface area contributed by atoms with Crippen molar-refractivity contribution in [3.05, 3.63) is 36.7 Å². The van der Waals surface area contributed by atoms with E-state index >= 15 is 0 Å². The predicted octanol–water partition coefficient (Wildman–Crippen LogP) is 6.00. The lowest BCUT2D eigenvalue weighted by Gasteiger charge is -2.08. The van der Waals surface area contributed by atoms with E-state index in [1.54, 1.807) is 12.4 Å². The van der Waals surface area contributed by atoms with Gasteiger partial charge in [-0.05, 0) is 49.9 Å². The summed E-state index contributed by atoms with van der Waals surface area (Å²) in [7, 11) is 0. The van der Waals surface area contributed by atoms with Gasteiger partial charge in [-0.15, -0.1) is 0 Å². The topological polar surface area (TPSA) is 70.5 Å². The number of unbranched alkanes of at least 4 members (excludes halogenated alkanes) is 5. The Labute approximate surface area is 186 Å². The van der Waals surface area contributed by atoms with E-state index in [4.69, 9.17) is 14.2 Å². The van der Waals surface area contributed by atoms with Crippen molar-refractivity contribution < 1.29 is 19.0 Å². The van der Waals surface area contributed by atoms with Crippen LogP contribution in [-0.2, 0) is 9.53 Å². The minimum atomic E-state index is -0.230. The molecule has 1 aromatic heterocycles. The number of carbonyl (C=O) groups excluding carboxylic acids is 1. The molecule has 0 saturated heterocycles. The Hall–Kier alpha value is -2.47. The van der Waals surface area contributed by atoms with Crippen molar-refractivity contribution in [2.75, 3.05) is 19.8 Å². The number of carbonyl (C=O) groups is 1. The molecular weight excluding hydrogens is 392 g/mol. The smallest absolute Gasteiger partial charge is 0.311 e. The molecule has 0 aliphatic rings. The van der Waals surface area contributed by atoms with Gasteiger partial charge in [0.2, 0.25) is 0 Å². The first-order valence-corrected chi connectivity index (χ1v) is 11.6. The molecule has 0 bridgehead atoms. The molecule has 0 aliphatic carbocycles. The molecule has 0 radical (unpaired) electrons. The minimum absolute atomic E-state index is 0.230. The molecule has 0 aliphatic heterocycles. The third-order valence-corrected chi connectivity index (χ3v) is 4.76. The van der Waals surface area contributed by atoms with E-state index in [0.29, 0.717) is 24.6 Å². The van der Waals surface area contributed by atoms with E-state index in [9.17, 15) is 4.79 Å². The molecule has 0 unspecified atom stereocenters. The average Bonchev–Trinajstić information content (AvgIpc) is 2.79. The summed E-state index contributed by atoms with van der Waals surface area (Å²) in [6, 6.07) is 7.69. The normalized spacial score (nSPS) is 10.8. The summed E-state index contributed by atoms with van der Waals surface area (Å²) in [4.78, 5) is 20.6. The summed E-state index contributed by atoms with van der Waals surface area (Å²) in [5.41, 5.74) is 0.883. The van der Waals surface area contributed by atoms with Gasteiger partial charge in [0.1, 0.15) is 5.75 Å². The van der Waals surface area contributed by atoms with Crippen LogP contribution in [-0.4, -0.2) is 35.8 Å². The van der Waals surface area contributed by atoms with Crippen LogP contribution in [0.1, 0.15) is 71.6 Å². The molecule has 0 amide bonds. The van der Waals surface area contributed by atoms with E-state index in [-0.39, 0.29) is 5.97 Å². The van der Waals surface area contributed by atoms with Gasteiger partial charge in [0.05, 0.1) is 19.0 Å². The van der Waals surface area contributed by atoms with Crippen LogP contribution in [0.4, 0.5) is 0 Å². The fourth-order valence-electron chi connectivity index (χ4n) is 3.02. The second kappa shape index (κ2) is 15.3. The van der Waals surface area contributed by atoms with Crippen LogP contribution < -0.4 is 9.47 Å². The van der Waals surface area contributed by atoms with Crippen molar-refractivity contribution in [1.29, 1.82) is 0 Å². The molecule has 6 nitrogen and oxygen atoms in total. The maximum Gasteiger partial charge on any atom is 0.311 e. The lowest BCUT2D eigenvalue weighted by atomic mass is 10.1. The van der Waals surface area contributed by atoms with Crippen LogP contribution >= 0.6 is 0 Å². The zero-order valence-electron chi connectivity index (χ0n) is 19.0. The van der Waals surface area contributed by atoms with Gasteiger partial charge < -0.3 is 14.2 Å². The highest BCUT2D eigenvalue weighted by Gasteiger charge is 2.07. The number of nitrogens with zero attached hydrogens (tertiary/aromatic N) is 2. The summed E-state index contributed by atoms with van der Waals surface area (Å²) < 4.78 is 16.6. The Balaban J connectivity index is 1.71. The van der Waals surface area contributed by atoms with Gasteiger partial charge in [0.25, 0.3) is 0 Å². The molecule has 0 saturated carbocycles. The zero-order valence-corrected chi connectivity index (χ0v) is 19.0. The summed E-state index contributed by atoms with van der Waals surface area (Å²) in [5, 5.41) is 0. The first-order valence-electron chi connectivity index (χ1n) is 11.6. The number of esters is 1. The lowest BCUT2D eigenvalue weighted by Crippen LogP contribution is -2.08. The monoisotopic (exact) mass is 428 g/mol. The number of benzene rings is 1. The van der Waals surface area contributed by atoms with Gasteiger partial charge >= 0.3 is 5.97 Å². The second-order valence-corrected chi connectivity index (χ2v) is 7.57. The molecule has 0 spiro atoms. The number of rotatable bonds is 16. The van der Waals surface area contributed by atoms with Crippen LogP contribution in [0.25, 0.3) is 11.4 Å². The molecule has 31 heavy (non-hydrogen) atoms. The van der Waals surface area contributed by atoms with Crippen LogP contribution in [0.3, 0.4) is 0 Å². The molecule has 170 valence electrons. The van der Waals surface area contributed by atoms with Gasteiger partial charge in [-0.2, -0.15) is 0 Å². The fourth-order valence-corrected chi connectivity index (χ4v) is 3.02. The van der Waals surface area contributed by atoms with Crippen molar-refractivity contribution in [3.63, 3.8) is 0 Å². The first kappa shape index (κ1) is 24.8. The first-order chi connectivity index (χ1) is 15.2. The Morgan fingerprint density at radius 1 is 0.774 bits per heavy atom. The highest BCUT2D eigenvalue weighted by atomic mass is 16.5. The molecule has 0 fully saturated rings. The molecule has 2 rings (SSSR count). The second-order valence-electron chi connectivity index (χ2n) is 7.57. The Kier molecular flexibility index (Phi) is 12.3. The summed E-state index contributed by atoms with van der Waals surface area (Å²) in [6.45, 7) is 6.57. The highest BCUT2D eigenvalue weighted by Crippen LogP contribution is 2.21. The van der Waals surface area contributed by atoms with Gasteiger partial charge in [0.15, 0.2) is 11.6 Å². The van der Waals surface area contributed by atoms with E-state index < -0.39 is 0 Å². The molecule has 2 aromatic rings. The standard InChI is InChI=1S/C25H36N2O4/c1-3-5-6-7-8-11-24(28)31-23-19-26-25(27-20-23)21-12-14-22(15-13-21)30-18-10-9-17-29-16-4-2/h12-15,19-20H,3-11,16-18H2,1-2H3. The number of hydrogen-bond donors (Lipinski definition) is 0. The van der Waals surface area contributed by atoms with Crippen LogP contribution in [0.2, 0.25) is 0 Å². The molecule has 6 heteroatoms. The average molecular weight is 429 g/mol. The van der Waals surface area contributed by atoms with Crippen molar-refractivity contribution in [2.24, 2.45) is 0 Å². The van der Waals surface area contributed by atoms with Gasteiger partial charge in [-0.1, -0.05) is 39.5 Å². The van der Waals surface area contributed by atoms with Crippen molar-refractivity contribution in [3.8, 4) is 22.9 Å². The third-order valence-electron chi connectivity index (χ3n) is 4.76. The fraction of sp³-hybridized carbons (Fsp3) is 0.560. The maximum atomic E-state index is 11.9.